The fourth-order valence-corrected chi connectivity index (χ4v) is 6.18. The summed E-state index contributed by atoms with van der Waals surface area (Å²) in [5.41, 5.74) is 6.51. The van der Waals surface area contributed by atoms with Crippen LogP contribution in [0.15, 0.2) is 60.2 Å². The van der Waals surface area contributed by atoms with Crippen LogP contribution in [0.3, 0.4) is 0 Å². The Balaban J connectivity index is 1.26. The second kappa shape index (κ2) is 13.7. The molecule has 0 bridgehead atoms. The van der Waals surface area contributed by atoms with E-state index in [-0.39, 0.29) is 0 Å². The van der Waals surface area contributed by atoms with E-state index in [9.17, 15) is 0 Å². The Morgan fingerprint density at radius 3 is 2.00 bits per heavy atom. The lowest BCUT2D eigenvalue weighted by atomic mass is 9.71. The van der Waals surface area contributed by atoms with E-state index < -0.39 is 0 Å². The molecule has 2 aliphatic rings. The fourth-order valence-electron chi connectivity index (χ4n) is 6.18. The first-order chi connectivity index (χ1) is 17.2. The number of aryl methyl sites for hydroxylation is 1. The molecular weight excluding hydrogens is 420 g/mol. The molecule has 0 N–H and O–H groups in total. The van der Waals surface area contributed by atoms with E-state index in [0.717, 1.165) is 23.3 Å². The molecule has 0 aromatic heterocycles. The zero-order chi connectivity index (χ0) is 24.3. The van der Waals surface area contributed by atoms with Gasteiger partial charge in [0.1, 0.15) is 0 Å². The van der Waals surface area contributed by atoms with Gasteiger partial charge in [0.25, 0.3) is 0 Å². The standard InChI is InChI=1S/C35H46/c1-3-5-7-9-29-14-22-33(23-15-29)35-26-18-31(19-27-35)11-10-30-16-24-34(25-17-30)32-20-12-28(13-21-32)8-6-4-2/h14-16,18-19,22-23,26-28,32,34H,3-9,12-13,17,20-21,24-25H2,1-2H3. The molecule has 0 saturated heterocycles. The highest BCUT2D eigenvalue weighted by molar-refractivity contribution is 5.64. The van der Waals surface area contributed by atoms with Crippen LogP contribution in [0.25, 0.3) is 11.1 Å². The van der Waals surface area contributed by atoms with Gasteiger partial charge >= 0.3 is 0 Å². The molecule has 2 aromatic rings. The van der Waals surface area contributed by atoms with Crippen LogP contribution in [-0.2, 0) is 6.42 Å². The lowest BCUT2D eigenvalue weighted by Gasteiger charge is -2.35. The van der Waals surface area contributed by atoms with E-state index in [1.165, 1.54) is 112 Å². The SMILES string of the molecule is CCCCCc1ccc(-c2ccc(C#CC3=CCC(C4CCC(CCCC)CC4)CC3)cc2)cc1. The molecule has 35 heavy (non-hydrogen) atoms. The summed E-state index contributed by atoms with van der Waals surface area (Å²) in [6.07, 6.45) is 21.5. The summed E-state index contributed by atoms with van der Waals surface area (Å²) in [6.45, 7) is 4.59. The molecule has 0 radical (unpaired) electrons. The molecule has 1 saturated carbocycles. The molecule has 2 aromatic carbocycles. The Morgan fingerprint density at radius 1 is 0.686 bits per heavy atom. The lowest BCUT2D eigenvalue weighted by Crippen LogP contribution is -2.23. The van der Waals surface area contributed by atoms with Crippen molar-refractivity contribution in [2.45, 2.75) is 104 Å². The van der Waals surface area contributed by atoms with E-state index in [4.69, 9.17) is 0 Å². The van der Waals surface area contributed by atoms with E-state index >= 15 is 0 Å². The van der Waals surface area contributed by atoms with E-state index in [0.29, 0.717) is 0 Å². The van der Waals surface area contributed by atoms with Gasteiger partial charge in [-0.15, -0.1) is 0 Å². The van der Waals surface area contributed by atoms with Gasteiger partial charge in [0, 0.05) is 5.56 Å². The normalized spacial score (nSPS) is 22.2. The third-order valence-electron chi connectivity index (χ3n) is 8.58. The van der Waals surface area contributed by atoms with Gasteiger partial charge < -0.3 is 0 Å². The van der Waals surface area contributed by atoms with Gasteiger partial charge in [-0.2, -0.15) is 0 Å². The maximum absolute atomic E-state index is 3.49. The molecule has 1 unspecified atom stereocenters. The Kier molecular flexibility index (Phi) is 10.1. The molecule has 0 aliphatic heterocycles. The number of allylic oxidation sites excluding steroid dienone is 2. The molecule has 0 amide bonds. The van der Waals surface area contributed by atoms with Gasteiger partial charge in [0.15, 0.2) is 0 Å². The monoisotopic (exact) mass is 466 g/mol. The molecule has 1 atom stereocenters. The van der Waals surface area contributed by atoms with Crippen LogP contribution in [0.5, 0.6) is 0 Å². The summed E-state index contributed by atoms with van der Waals surface area (Å²) in [5.74, 6) is 9.82. The van der Waals surface area contributed by atoms with Gasteiger partial charge in [-0.1, -0.05) is 113 Å². The van der Waals surface area contributed by atoms with Crippen molar-refractivity contribution >= 4 is 0 Å². The minimum atomic E-state index is 0.907. The predicted molar refractivity (Wildman–Crippen MR) is 152 cm³/mol. The third kappa shape index (κ3) is 7.87. The highest BCUT2D eigenvalue weighted by Crippen LogP contribution is 2.40. The van der Waals surface area contributed by atoms with E-state index in [2.05, 4.69) is 80.3 Å². The molecule has 0 spiro atoms. The van der Waals surface area contributed by atoms with Gasteiger partial charge in [-0.05, 0) is 97.1 Å². The summed E-state index contributed by atoms with van der Waals surface area (Å²) >= 11 is 0. The van der Waals surface area contributed by atoms with E-state index in [1.807, 2.05) is 0 Å². The number of unbranched alkanes of at least 4 members (excludes halogenated alkanes) is 3. The average Bonchev–Trinajstić information content (AvgIpc) is 2.92. The maximum Gasteiger partial charge on any atom is 0.0249 e. The molecular formula is C35H46. The zero-order valence-corrected chi connectivity index (χ0v) is 22.3. The first-order valence-corrected chi connectivity index (χ1v) is 14.7. The second-order valence-electron chi connectivity index (χ2n) is 11.2. The van der Waals surface area contributed by atoms with Gasteiger partial charge in [-0.3, -0.25) is 0 Å². The van der Waals surface area contributed by atoms with Crippen LogP contribution >= 0.6 is 0 Å². The topological polar surface area (TPSA) is 0 Å². The summed E-state index contributed by atoms with van der Waals surface area (Å²) in [5, 5.41) is 0. The number of hydrogen-bond acceptors (Lipinski definition) is 0. The summed E-state index contributed by atoms with van der Waals surface area (Å²) in [4.78, 5) is 0. The van der Waals surface area contributed by atoms with Crippen molar-refractivity contribution in [1.29, 1.82) is 0 Å². The summed E-state index contributed by atoms with van der Waals surface area (Å²) < 4.78 is 0. The highest BCUT2D eigenvalue weighted by atomic mass is 14.3. The van der Waals surface area contributed by atoms with Crippen molar-refractivity contribution in [3.8, 4) is 23.0 Å². The largest absolute Gasteiger partial charge is 0.0726 e. The zero-order valence-electron chi connectivity index (χ0n) is 22.3. The quantitative estimate of drug-likeness (QED) is 0.255. The molecule has 0 heteroatoms. The Morgan fingerprint density at radius 2 is 1.37 bits per heavy atom. The average molecular weight is 467 g/mol. The van der Waals surface area contributed by atoms with Crippen molar-refractivity contribution in [2.24, 2.45) is 17.8 Å². The van der Waals surface area contributed by atoms with Crippen LogP contribution in [0.4, 0.5) is 0 Å². The summed E-state index contributed by atoms with van der Waals surface area (Å²) in [7, 11) is 0. The van der Waals surface area contributed by atoms with Gasteiger partial charge in [-0.25, -0.2) is 0 Å². The summed E-state index contributed by atoms with van der Waals surface area (Å²) in [6, 6.07) is 17.9. The van der Waals surface area contributed by atoms with Crippen molar-refractivity contribution < 1.29 is 0 Å². The van der Waals surface area contributed by atoms with Crippen LogP contribution in [0.1, 0.15) is 108 Å². The van der Waals surface area contributed by atoms with Crippen LogP contribution < -0.4 is 0 Å². The predicted octanol–water partition coefficient (Wildman–Crippen LogP) is 10.2. The molecule has 4 rings (SSSR count). The minimum Gasteiger partial charge on any atom is -0.0726 e. The maximum atomic E-state index is 3.49. The number of benzene rings is 2. The highest BCUT2D eigenvalue weighted by Gasteiger charge is 2.28. The van der Waals surface area contributed by atoms with Crippen LogP contribution in [0, 0.1) is 29.6 Å². The van der Waals surface area contributed by atoms with Gasteiger partial charge in [0.05, 0.1) is 0 Å². The number of rotatable bonds is 9. The Hall–Kier alpha value is -2.26. The van der Waals surface area contributed by atoms with Crippen molar-refractivity contribution in [3.63, 3.8) is 0 Å². The van der Waals surface area contributed by atoms with Crippen molar-refractivity contribution in [1.82, 2.24) is 0 Å². The molecule has 0 nitrogen and oxygen atoms in total. The third-order valence-corrected chi connectivity index (χ3v) is 8.58. The Labute approximate surface area is 215 Å². The fraction of sp³-hybridized carbons (Fsp3) is 0.543. The van der Waals surface area contributed by atoms with E-state index in [1.54, 1.807) is 0 Å². The first kappa shape index (κ1) is 25.8. The second-order valence-corrected chi connectivity index (χ2v) is 11.2. The van der Waals surface area contributed by atoms with Crippen LogP contribution in [0.2, 0.25) is 0 Å². The van der Waals surface area contributed by atoms with Crippen molar-refractivity contribution in [2.75, 3.05) is 0 Å². The smallest absolute Gasteiger partial charge is 0.0249 e. The molecule has 1 fully saturated rings. The van der Waals surface area contributed by atoms with Crippen LogP contribution in [-0.4, -0.2) is 0 Å². The lowest BCUT2D eigenvalue weighted by molar-refractivity contribution is 0.186. The molecule has 2 aliphatic carbocycles. The van der Waals surface area contributed by atoms with Gasteiger partial charge in [0.2, 0.25) is 0 Å². The van der Waals surface area contributed by atoms with Crippen molar-refractivity contribution in [3.05, 3.63) is 71.3 Å². The first-order valence-electron chi connectivity index (χ1n) is 14.7. The molecule has 186 valence electrons. The molecule has 0 heterocycles. The Bertz CT molecular complexity index is 971. The number of hydrogen-bond donors (Lipinski definition) is 0. The minimum absolute atomic E-state index is 0.907.